The zero-order chi connectivity index (χ0) is 12.6. The molecule has 0 saturated heterocycles. The molecule has 0 aliphatic carbocycles. The molecule has 0 amide bonds. The fraction of sp³-hybridized carbons (Fsp3) is 0.500. The summed E-state index contributed by atoms with van der Waals surface area (Å²) in [7, 11) is 4.18. The first kappa shape index (κ1) is 12.0. The van der Waals surface area contributed by atoms with Crippen LogP contribution < -0.4 is 4.90 Å². The number of nitrogens with zero attached hydrogens (tertiary/aromatic N) is 3. The Labute approximate surface area is 103 Å². The summed E-state index contributed by atoms with van der Waals surface area (Å²) in [6, 6.07) is 8.25. The maximum atomic E-state index is 4.69. The lowest BCUT2D eigenvalue weighted by molar-refractivity contribution is 0.415. The summed E-state index contributed by atoms with van der Waals surface area (Å²) in [4.78, 5) is 6.91. The van der Waals surface area contributed by atoms with Crippen molar-refractivity contribution in [3.05, 3.63) is 24.3 Å². The van der Waals surface area contributed by atoms with Crippen LogP contribution in [0.2, 0.25) is 0 Å². The SMILES string of the molecule is CN(CC(C)(C)C)c1nc2ccccc2n1C. The van der Waals surface area contributed by atoms with E-state index >= 15 is 0 Å². The third-order valence-corrected chi connectivity index (χ3v) is 2.82. The molecule has 92 valence electrons. The minimum atomic E-state index is 0.271. The summed E-state index contributed by atoms with van der Waals surface area (Å²) in [5.41, 5.74) is 2.52. The van der Waals surface area contributed by atoms with E-state index in [1.54, 1.807) is 0 Å². The van der Waals surface area contributed by atoms with Crippen LogP contribution in [0.5, 0.6) is 0 Å². The van der Waals surface area contributed by atoms with Gasteiger partial charge < -0.3 is 9.47 Å². The first-order valence-electron chi connectivity index (χ1n) is 6.01. The second kappa shape index (κ2) is 4.06. The maximum Gasteiger partial charge on any atom is 0.206 e. The quantitative estimate of drug-likeness (QED) is 0.792. The Bertz CT molecular complexity index is 520. The monoisotopic (exact) mass is 231 g/mol. The molecular formula is C14H21N3. The summed E-state index contributed by atoms with van der Waals surface area (Å²) in [6.07, 6.45) is 0. The van der Waals surface area contributed by atoms with E-state index in [1.807, 2.05) is 6.07 Å². The van der Waals surface area contributed by atoms with Crippen LogP contribution in [0.1, 0.15) is 20.8 Å². The molecule has 1 aromatic carbocycles. The maximum absolute atomic E-state index is 4.69. The molecule has 0 bridgehead atoms. The number of imidazole rings is 1. The van der Waals surface area contributed by atoms with E-state index in [-0.39, 0.29) is 5.41 Å². The summed E-state index contributed by atoms with van der Waals surface area (Å²) in [5.74, 6) is 1.03. The molecule has 3 nitrogen and oxygen atoms in total. The third kappa shape index (κ3) is 2.43. The van der Waals surface area contributed by atoms with Crippen molar-refractivity contribution in [2.75, 3.05) is 18.5 Å². The topological polar surface area (TPSA) is 21.1 Å². The smallest absolute Gasteiger partial charge is 0.206 e. The number of para-hydroxylation sites is 2. The summed E-state index contributed by atoms with van der Waals surface area (Å²) in [5, 5.41) is 0. The Morgan fingerprint density at radius 3 is 2.47 bits per heavy atom. The van der Waals surface area contributed by atoms with Gasteiger partial charge in [-0.15, -0.1) is 0 Å². The molecular weight excluding hydrogens is 210 g/mol. The molecule has 0 saturated carbocycles. The van der Waals surface area contributed by atoms with Gasteiger partial charge in [0, 0.05) is 20.6 Å². The zero-order valence-electron chi connectivity index (χ0n) is 11.4. The molecule has 17 heavy (non-hydrogen) atoms. The van der Waals surface area contributed by atoms with Crippen LogP contribution in [0.15, 0.2) is 24.3 Å². The molecule has 0 radical (unpaired) electrons. The second-order valence-corrected chi connectivity index (χ2v) is 5.88. The van der Waals surface area contributed by atoms with Gasteiger partial charge >= 0.3 is 0 Å². The molecule has 0 spiro atoms. The average molecular weight is 231 g/mol. The van der Waals surface area contributed by atoms with Crippen molar-refractivity contribution in [1.29, 1.82) is 0 Å². The van der Waals surface area contributed by atoms with Gasteiger partial charge in [-0.2, -0.15) is 0 Å². The molecule has 0 aliphatic rings. The number of anilines is 1. The van der Waals surface area contributed by atoms with Crippen LogP contribution in [-0.4, -0.2) is 23.1 Å². The number of hydrogen-bond donors (Lipinski definition) is 0. The van der Waals surface area contributed by atoms with E-state index in [2.05, 4.69) is 67.5 Å². The van der Waals surface area contributed by atoms with Crippen molar-refractivity contribution in [2.45, 2.75) is 20.8 Å². The van der Waals surface area contributed by atoms with Gasteiger partial charge in [0.25, 0.3) is 0 Å². The molecule has 0 atom stereocenters. The summed E-state index contributed by atoms with van der Waals surface area (Å²) >= 11 is 0. The van der Waals surface area contributed by atoms with Crippen LogP contribution in [0.4, 0.5) is 5.95 Å². The van der Waals surface area contributed by atoms with Crippen LogP contribution >= 0.6 is 0 Å². The minimum Gasteiger partial charge on any atom is -0.345 e. The molecule has 0 aliphatic heterocycles. The first-order valence-corrected chi connectivity index (χ1v) is 6.01. The van der Waals surface area contributed by atoms with Crippen molar-refractivity contribution in [3.8, 4) is 0 Å². The minimum absolute atomic E-state index is 0.271. The normalized spacial score (nSPS) is 12.1. The third-order valence-electron chi connectivity index (χ3n) is 2.82. The number of benzene rings is 1. The Morgan fingerprint density at radius 2 is 1.88 bits per heavy atom. The Kier molecular flexibility index (Phi) is 2.86. The summed E-state index contributed by atoms with van der Waals surface area (Å²) < 4.78 is 2.15. The van der Waals surface area contributed by atoms with Gasteiger partial charge in [0.15, 0.2) is 0 Å². The van der Waals surface area contributed by atoms with Gasteiger partial charge in [-0.3, -0.25) is 0 Å². The fourth-order valence-electron chi connectivity index (χ4n) is 2.26. The fourth-order valence-corrected chi connectivity index (χ4v) is 2.26. The molecule has 2 rings (SSSR count). The van der Waals surface area contributed by atoms with Gasteiger partial charge in [-0.25, -0.2) is 4.98 Å². The van der Waals surface area contributed by atoms with Crippen molar-refractivity contribution in [1.82, 2.24) is 9.55 Å². The highest BCUT2D eigenvalue weighted by molar-refractivity contribution is 5.78. The molecule has 1 aromatic heterocycles. The van der Waals surface area contributed by atoms with Crippen molar-refractivity contribution in [3.63, 3.8) is 0 Å². The molecule has 1 heterocycles. The Balaban J connectivity index is 2.39. The molecule has 0 N–H and O–H groups in total. The number of aromatic nitrogens is 2. The lowest BCUT2D eigenvalue weighted by atomic mass is 9.96. The van der Waals surface area contributed by atoms with E-state index in [4.69, 9.17) is 0 Å². The van der Waals surface area contributed by atoms with Gasteiger partial charge in [-0.05, 0) is 17.5 Å². The Morgan fingerprint density at radius 1 is 1.24 bits per heavy atom. The van der Waals surface area contributed by atoms with Crippen LogP contribution in [-0.2, 0) is 7.05 Å². The molecule has 0 unspecified atom stereocenters. The van der Waals surface area contributed by atoms with E-state index in [1.165, 1.54) is 5.52 Å². The standard InChI is InChI=1S/C14H21N3/c1-14(2,3)10-16(4)13-15-11-8-6-7-9-12(11)17(13)5/h6-9H,10H2,1-5H3. The second-order valence-electron chi connectivity index (χ2n) is 5.88. The molecule has 3 heteroatoms. The predicted molar refractivity (Wildman–Crippen MR) is 73.4 cm³/mol. The Hall–Kier alpha value is -1.51. The van der Waals surface area contributed by atoms with Crippen molar-refractivity contribution >= 4 is 17.0 Å². The highest BCUT2D eigenvalue weighted by Gasteiger charge is 2.17. The van der Waals surface area contributed by atoms with Crippen molar-refractivity contribution < 1.29 is 0 Å². The van der Waals surface area contributed by atoms with Gasteiger partial charge in [0.1, 0.15) is 0 Å². The number of aryl methyl sites for hydroxylation is 1. The lowest BCUT2D eigenvalue weighted by Crippen LogP contribution is -2.30. The molecule has 2 aromatic rings. The molecule has 0 fully saturated rings. The number of hydrogen-bond acceptors (Lipinski definition) is 2. The zero-order valence-corrected chi connectivity index (χ0v) is 11.4. The van der Waals surface area contributed by atoms with E-state index in [9.17, 15) is 0 Å². The van der Waals surface area contributed by atoms with Gasteiger partial charge in [0.05, 0.1) is 11.0 Å². The van der Waals surface area contributed by atoms with Gasteiger partial charge in [-0.1, -0.05) is 32.9 Å². The van der Waals surface area contributed by atoms with Gasteiger partial charge in [0.2, 0.25) is 5.95 Å². The number of fused-ring (bicyclic) bond motifs is 1. The van der Waals surface area contributed by atoms with E-state index < -0.39 is 0 Å². The predicted octanol–water partition coefficient (Wildman–Crippen LogP) is 3.06. The first-order chi connectivity index (χ1) is 7.88. The number of rotatable bonds is 2. The lowest BCUT2D eigenvalue weighted by Gasteiger charge is -2.27. The van der Waals surface area contributed by atoms with E-state index in [0.29, 0.717) is 0 Å². The van der Waals surface area contributed by atoms with Crippen LogP contribution in [0, 0.1) is 5.41 Å². The van der Waals surface area contributed by atoms with E-state index in [0.717, 1.165) is 18.0 Å². The van der Waals surface area contributed by atoms with Crippen molar-refractivity contribution in [2.24, 2.45) is 12.5 Å². The van der Waals surface area contributed by atoms with Crippen LogP contribution in [0.3, 0.4) is 0 Å². The summed E-state index contributed by atoms with van der Waals surface area (Å²) in [6.45, 7) is 7.72. The average Bonchev–Trinajstić information content (AvgIpc) is 2.55. The highest BCUT2D eigenvalue weighted by atomic mass is 15.3. The highest BCUT2D eigenvalue weighted by Crippen LogP contribution is 2.23. The largest absolute Gasteiger partial charge is 0.345 e. The van der Waals surface area contributed by atoms with Crippen LogP contribution in [0.25, 0.3) is 11.0 Å².